The van der Waals surface area contributed by atoms with Crippen molar-refractivity contribution in [1.82, 2.24) is 0 Å². The first-order valence-electron chi connectivity index (χ1n) is 4.75. The zero-order valence-electron chi connectivity index (χ0n) is 9.00. The van der Waals surface area contributed by atoms with Gasteiger partial charge >= 0.3 is 0 Å². The summed E-state index contributed by atoms with van der Waals surface area (Å²) in [4.78, 5) is 0. The molecule has 1 atom stereocenters. The minimum absolute atomic E-state index is 0.453. The highest BCUT2D eigenvalue weighted by atomic mass is 32.2. The van der Waals surface area contributed by atoms with Crippen molar-refractivity contribution in [2.45, 2.75) is 19.9 Å². The van der Waals surface area contributed by atoms with Crippen LogP contribution in [0.1, 0.15) is 12.5 Å². The molecule has 3 heteroatoms. The Morgan fingerprint density at radius 1 is 1.50 bits per heavy atom. The first-order chi connectivity index (χ1) is 6.65. The highest BCUT2D eigenvalue weighted by Gasteiger charge is 2.04. The average Bonchev–Trinajstić information content (AvgIpc) is 2.13. The van der Waals surface area contributed by atoms with Crippen molar-refractivity contribution >= 4 is 23.1 Å². The molecule has 0 saturated carbocycles. The quantitative estimate of drug-likeness (QED) is 0.750. The topological polar surface area (TPSA) is 38.0 Å². The third kappa shape index (κ3) is 2.84. The maximum atomic E-state index is 5.96. The largest absolute Gasteiger partial charge is 0.397 e. The molecule has 0 aliphatic heterocycles. The van der Waals surface area contributed by atoms with Crippen molar-refractivity contribution in [2.75, 3.05) is 23.1 Å². The van der Waals surface area contributed by atoms with Gasteiger partial charge in [-0.1, -0.05) is 12.1 Å². The molecule has 0 radical (unpaired) electrons. The van der Waals surface area contributed by atoms with E-state index in [9.17, 15) is 0 Å². The maximum absolute atomic E-state index is 5.96. The normalized spacial score (nSPS) is 12.5. The second-order valence-electron chi connectivity index (χ2n) is 3.54. The van der Waals surface area contributed by atoms with E-state index in [4.69, 9.17) is 5.73 Å². The number of hydrogen-bond acceptors (Lipinski definition) is 3. The smallest absolute Gasteiger partial charge is 0.0579 e. The number of anilines is 2. The molecule has 2 nitrogen and oxygen atoms in total. The van der Waals surface area contributed by atoms with Gasteiger partial charge in [0.2, 0.25) is 0 Å². The second-order valence-corrected chi connectivity index (χ2v) is 4.45. The Bertz CT molecular complexity index is 299. The molecule has 0 saturated heterocycles. The van der Waals surface area contributed by atoms with E-state index in [1.54, 1.807) is 0 Å². The van der Waals surface area contributed by atoms with Crippen LogP contribution in [0, 0.1) is 6.92 Å². The Hall–Kier alpha value is -0.830. The Morgan fingerprint density at radius 2 is 2.21 bits per heavy atom. The van der Waals surface area contributed by atoms with Crippen molar-refractivity contribution < 1.29 is 0 Å². The van der Waals surface area contributed by atoms with E-state index >= 15 is 0 Å². The summed E-state index contributed by atoms with van der Waals surface area (Å²) in [5.41, 5.74) is 9.00. The number of benzene rings is 1. The van der Waals surface area contributed by atoms with E-state index in [1.807, 2.05) is 36.9 Å². The molecule has 0 spiro atoms. The second kappa shape index (κ2) is 5.15. The van der Waals surface area contributed by atoms with Gasteiger partial charge in [-0.2, -0.15) is 11.8 Å². The average molecular weight is 210 g/mol. The molecule has 1 unspecified atom stereocenters. The Kier molecular flexibility index (Phi) is 4.14. The van der Waals surface area contributed by atoms with Crippen LogP contribution in [0.15, 0.2) is 18.2 Å². The van der Waals surface area contributed by atoms with Crippen molar-refractivity contribution in [3.8, 4) is 0 Å². The van der Waals surface area contributed by atoms with Crippen LogP contribution >= 0.6 is 11.8 Å². The summed E-state index contributed by atoms with van der Waals surface area (Å²) in [5, 5.41) is 3.41. The molecule has 1 aromatic rings. The lowest BCUT2D eigenvalue weighted by atomic mass is 10.1. The number of hydrogen-bond donors (Lipinski definition) is 2. The Labute approximate surface area is 90.3 Å². The molecule has 1 rings (SSSR count). The number of para-hydroxylation sites is 1. The number of nitrogen functional groups attached to an aromatic ring is 1. The van der Waals surface area contributed by atoms with Gasteiger partial charge in [0.1, 0.15) is 0 Å². The number of thioether (sulfide) groups is 1. The molecule has 78 valence electrons. The molecule has 1 aromatic carbocycles. The number of rotatable bonds is 4. The van der Waals surface area contributed by atoms with Gasteiger partial charge in [0, 0.05) is 11.8 Å². The number of nitrogens with two attached hydrogens (primary N) is 1. The third-order valence-corrected chi connectivity index (χ3v) is 2.98. The first-order valence-corrected chi connectivity index (χ1v) is 6.15. The zero-order chi connectivity index (χ0) is 10.6. The summed E-state index contributed by atoms with van der Waals surface area (Å²) < 4.78 is 0. The lowest BCUT2D eigenvalue weighted by molar-refractivity contribution is 0.915. The summed E-state index contributed by atoms with van der Waals surface area (Å²) in [6.45, 7) is 4.19. The van der Waals surface area contributed by atoms with Crippen molar-refractivity contribution in [3.63, 3.8) is 0 Å². The molecule has 0 aliphatic rings. The predicted molar refractivity (Wildman–Crippen MR) is 67.1 cm³/mol. The van der Waals surface area contributed by atoms with Gasteiger partial charge in [-0.05, 0) is 31.7 Å². The van der Waals surface area contributed by atoms with Gasteiger partial charge < -0.3 is 11.1 Å². The first kappa shape index (κ1) is 11.2. The molecule has 0 aliphatic carbocycles. The molecule has 0 amide bonds. The Balaban J connectivity index is 2.71. The van der Waals surface area contributed by atoms with Crippen LogP contribution in [0.4, 0.5) is 11.4 Å². The van der Waals surface area contributed by atoms with E-state index in [1.165, 1.54) is 0 Å². The molecule has 0 aromatic heterocycles. The van der Waals surface area contributed by atoms with Gasteiger partial charge in [-0.15, -0.1) is 0 Å². The fourth-order valence-electron chi connectivity index (χ4n) is 1.36. The van der Waals surface area contributed by atoms with Gasteiger partial charge in [0.25, 0.3) is 0 Å². The number of nitrogens with one attached hydrogen (secondary N) is 1. The van der Waals surface area contributed by atoms with Crippen molar-refractivity contribution in [2.24, 2.45) is 0 Å². The van der Waals surface area contributed by atoms with Crippen LogP contribution in [0.3, 0.4) is 0 Å². The van der Waals surface area contributed by atoms with Crippen LogP contribution in [0.5, 0.6) is 0 Å². The summed E-state index contributed by atoms with van der Waals surface area (Å²) in [6, 6.07) is 6.53. The highest BCUT2D eigenvalue weighted by Crippen LogP contribution is 2.22. The number of aryl methyl sites for hydroxylation is 1. The van der Waals surface area contributed by atoms with E-state index in [0.717, 1.165) is 22.7 Å². The van der Waals surface area contributed by atoms with Crippen LogP contribution in [-0.4, -0.2) is 18.1 Å². The van der Waals surface area contributed by atoms with Gasteiger partial charge in [0.15, 0.2) is 0 Å². The van der Waals surface area contributed by atoms with Gasteiger partial charge in [-0.3, -0.25) is 0 Å². The van der Waals surface area contributed by atoms with E-state index in [0.29, 0.717) is 6.04 Å². The van der Waals surface area contributed by atoms with E-state index < -0.39 is 0 Å². The van der Waals surface area contributed by atoms with Crippen molar-refractivity contribution in [3.05, 3.63) is 23.8 Å². The SMILES string of the molecule is CSCC(C)Nc1cccc(C)c1N. The lowest BCUT2D eigenvalue weighted by Crippen LogP contribution is -2.18. The Morgan fingerprint density at radius 3 is 2.86 bits per heavy atom. The molecular formula is C11H18N2S. The zero-order valence-corrected chi connectivity index (χ0v) is 9.82. The molecule has 0 bridgehead atoms. The van der Waals surface area contributed by atoms with E-state index in [2.05, 4.69) is 18.5 Å². The molecule has 0 heterocycles. The monoisotopic (exact) mass is 210 g/mol. The minimum Gasteiger partial charge on any atom is -0.397 e. The van der Waals surface area contributed by atoms with E-state index in [-0.39, 0.29) is 0 Å². The molecular weight excluding hydrogens is 192 g/mol. The predicted octanol–water partition coefficient (Wildman–Crippen LogP) is 2.74. The van der Waals surface area contributed by atoms with Crippen LogP contribution in [-0.2, 0) is 0 Å². The minimum atomic E-state index is 0.453. The van der Waals surface area contributed by atoms with Gasteiger partial charge in [-0.25, -0.2) is 0 Å². The highest BCUT2D eigenvalue weighted by molar-refractivity contribution is 7.98. The summed E-state index contributed by atoms with van der Waals surface area (Å²) in [6.07, 6.45) is 2.11. The lowest BCUT2D eigenvalue weighted by Gasteiger charge is -2.16. The van der Waals surface area contributed by atoms with Crippen LogP contribution in [0.2, 0.25) is 0 Å². The third-order valence-electron chi connectivity index (χ3n) is 2.14. The molecule has 3 N–H and O–H groups in total. The summed E-state index contributed by atoms with van der Waals surface area (Å²) in [5.74, 6) is 1.09. The summed E-state index contributed by atoms with van der Waals surface area (Å²) >= 11 is 1.84. The van der Waals surface area contributed by atoms with Crippen molar-refractivity contribution in [1.29, 1.82) is 0 Å². The molecule has 0 fully saturated rings. The fourth-order valence-corrected chi connectivity index (χ4v) is 1.95. The maximum Gasteiger partial charge on any atom is 0.0579 e. The van der Waals surface area contributed by atoms with Crippen LogP contribution < -0.4 is 11.1 Å². The van der Waals surface area contributed by atoms with Crippen LogP contribution in [0.25, 0.3) is 0 Å². The standard InChI is InChI=1S/C11H18N2S/c1-8-5-4-6-10(11(8)12)13-9(2)7-14-3/h4-6,9,13H,7,12H2,1-3H3. The summed E-state index contributed by atoms with van der Waals surface area (Å²) in [7, 11) is 0. The van der Waals surface area contributed by atoms with Gasteiger partial charge in [0.05, 0.1) is 11.4 Å². The molecule has 14 heavy (non-hydrogen) atoms. The fraction of sp³-hybridized carbons (Fsp3) is 0.455.